The van der Waals surface area contributed by atoms with Crippen LogP contribution in [0.25, 0.3) is 0 Å². The Balaban J connectivity index is 2.18. The minimum absolute atomic E-state index is 0.357. The molecule has 4 N–H and O–H groups in total. The highest BCUT2D eigenvalue weighted by Gasteiger charge is 2.31. The fraction of sp³-hybridized carbons (Fsp3) is 0.250. The van der Waals surface area contributed by atoms with Crippen molar-refractivity contribution < 1.29 is 26.3 Å². The molecule has 2 aromatic rings. The molecule has 2 nitrogen and oxygen atoms in total. The van der Waals surface area contributed by atoms with E-state index in [1.54, 1.807) is 0 Å². The van der Waals surface area contributed by atoms with Crippen molar-refractivity contribution >= 4 is 0 Å². The van der Waals surface area contributed by atoms with E-state index in [9.17, 15) is 26.3 Å². The second-order valence-electron chi connectivity index (χ2n) is 5.29. The minimum Gasteiger partial charge on any atom is -0.322 e. The zero-order valence-corrected chi connectivity index (χ0v) is 12.2. The quantitative estimate of drug-likeness (QED) is 0.807. The molecule has 0 saturated heterocycles. The Morgan fingerprint density at radius 1 is 0.542 bits per heavy atom. The van der Waals surface area contributed by atoms with Gasteiger partial charge in [0.05, 0.1) is 11.1 Å². The Hall–Kier alpha value is -2.06. The normalized spacial score (nSPS) is 15.2. The van der Waals surface area contributed by atoms with Crippen LogP contribution in [0, 0.1) is 0 Å². The third-order valence-corrected chi connectivity index (χ3v) is 3.63. The molecule has 0 fully saturated rings. The lowest BCUT2D eigenvalue weighted by Gasteiger charge is -2.21. The number of rotatable bonds is 3. The fourth-order valence-electron chi connectivity index (χ4n) is 2.20. The Kier molecular flexibility index (Phi) is 4.91. The number of halogens is 6. The molecule has 0 aliphatic carbocycles. The zero-order chi connectivity index (χ0) is 18.1. The Bertz CT molecular complexity index is 612. The van der Waals surface area contributed by atoms with Crippen molar-refractivity contribution in [2.24, 2.45) is 11.5 Å². The van der Waals surface area contributed by atoms with Gasteiger partial charge in [0.15, 0.2) is 0 Å². The number of hydrogen-bond donors (Lipinski definition) is 2. The first-order valence-electron chi connectivity index (χ1n) is 6.85. The van der Waals surface area contributed by atoms with Crippen molar-refractivity contribution in [3.8, 4) is 0 Å². The van der Waals surface area contributed by atoms with E-state index in [0.717, 1.165) is 24.3 Å². The molecular formula is C16H14F6N2. The van der Waals surface area contributed by atoms with Crippen LogP contribution in [0.15, 0.2) is 48.5 Å². The van der Waals surface area contributed by atoms with Gasteiger partial charge < -0.3 is 11.5 Å². The molecule has 0 amide bonds. The van der Waals surface area contributed by atoms with Crippen molar-refractivity contribution in [1.29, 1.82) is 0 Å². The molecule has 2 atom stereocenters. The maximum Gasteiger partial charge on any atom is 0.416 e. The molecule has 0 unspecified atom stereocenters. The van der Waals surface area contributed by atoms with Gasteiger partial charge in [0.1, 0.15) is 0 Å². The van der Waals surface area contributed by atoms with Gasteiger partial charge in [-0.2, -0.15) is 26.3 Å². The van der Waals surface area contributed by atoms with Crippen molar-refractivity contribution in [3.05, 3.63) is 70.8 Å². The highest BCUT2D eigenvalue weighted by Crippen LogP contribution is 2.33. The molecule has 0 aliphatic rings. The molecule has 0 spiro atoms. The average molecular weight is 348 g/mol. The van der Waals surface area contributed by atoms with Crippen molar-refractivity contribution in [1.82, 2.24) is 0 Å². The van der Waals surface area contributed by atoms with E-state index >= 15 is 0 Å². The first kappa shape index (κ1) is 18.3. The van der Waals surface area contributed by atoms with Gasteiger partial charge in [-0.05, 0) is 35.4 Å². The fourth-order valence-corrected chi connectivity index (χ4v) is 2.20. The molecule has 24 heavy (non-hydrogen) atoms. The predicted octanol–water partition coefficient (Wildman–Crippen LogP) is 4.42. The van der Waals surface area contributed by atoms with Crippen LogP contribution in [-0.2, 0) is 12.4 Å². The summed E-state index contributed by atoms with van der Waals surface area (Å²) in [5.74, 6) is 0. The molecule has 2 rings (SSSR count). The van der Waals surface area contributed by atoms with Gasteiger partial charge >= 0.3 is 12.4 Å². The topological polar surface area (TPSA) is 52.0 Å². The smallest absolute Gasteiger partial charge is 0.322 e. The van der Waals surface area contributed by atoms with Gasteiger partial charge in [-0.15, -0.1) is 0 Å². The van der Waals surface area contributed by atoms with E-state index < -0.39 is 35.6 Å². The molecule has 0 heterocycles. The minimum atomic E-state index is -4.46. The summed E-state index contributed by atoms with van der Waals surface area (Å²) in [7, 11) is 0. The van der Waals surface area contributed by atoms with E-state index in [2.05, 4.69) is 0 Å². The monoisotopic (exact) mass is 348 g/mol. The third-order valence-electron chi connectivity index (χ3n) is 3.63. The van der Waals surface area contributed by atoms with E-state index in [4.69, 9.17) is 11.5 Å². The van der Waals surface area contributed by atoms with E-state index in [0.29, 0.717) is 11.1 Å². The van der Waals surface area contributed by atoms with Crippen LogP contribution in [-0.4, -0.2) is 0 Å². The molecule has 2 aromatic carbocycles. The van der Waals surface area contributed by atoms with Crippen LogP contribution >= 0.6 is 0 Å². The largest absolute Gasteiger partial charge is 0.416 e. The Morgan fingerprint density at radius 2 is 0.792 bits per heavy atom. The van der Waals surface area contributed by atoms with E-state index in [-0.39, 0.29) is 0 Å². The van der Waals surface area contributed by atoms with Gasteiger partial charge in [0, 0.05) is 12.1 Å². The summed E-state index contributed by atoms with van der Waals surface area (Å²) in [6.45, 7) is 0. The Labute approximate surface area is 134 Å². The second kappa shape index (κ2) is 6.45. The second-order valence-corrected chi connectivity index (χ2v) is 5.29. The van der Waals surface area contributed by atoms with Crippen molar-refractivity contribution in [2.75, 3.05) is 0 Å². The standard InChI is InChI=1S/C16H14F6N2/c17-15(18,19)11-5-1-9(2-6-11)13(23)14(24)10-3-7-12(8-4-10)16(20,21)22/h1-8,13-14H,23-24H2/t13-,14-/m0/s1. The first-order chi connectivity index (χ1) is 11.0. The van der Waals surface area contributed by atoms with Crippen LogP contribution in [0.4, 0.5) is 26.3 Å². The lowest BCUT2D eigenvalue weighted by molar-refractivity contribution is -0.138. The molecule has 8 heteroatoms. The summed E-state index contributed by atoms with van der Waals surface area (Å²) in [5, 5.41) is 0. The zero-order valence-electron chi connectivity index (χ0n) is 12.2. The summed E-state index contributed by atoms with van der Waals surface area (Å²) in [4.78, 5) is 0. The Morgan fingerprint density at radius 3 is 1.00 bits per heavy atom. The molecule has 0 aliphatic heterocycles. The number of alkyl halides is 6. The number of benzene rings is 2. The molecule has 0 saturated carbocycles. The average Bonchev–Trinajstić information content (AvgIpc) is 2.52. The summed E-state index contributed by atoms with van der Waals surface area (Å²) in [6.07, 6.45) is -8.92. The van der Waals surface area contributed by atoms with Gasteiger partial charge in [-0.1, -0.05) is 24.3 Å². The molecular weight excluding hydrogens is 334 g/mol. The summed E-state index contributed by atoms with van der Waals surface area (Å²) in [5.41, 5.74) is 10.9. The van der Waals surface area contributed by atoms with Crippen LogP contribution in [0.5, 0.6) is 0 Å². The highest BCUT2D eigenvalue weighted by molar-refractivity contribution is 5.32. The van der Waals surface area contributed by atoms with Crippen LogP contribution < -0.4 is 11.5 Å². The van der Waals surface area contributed by atoms with Gasteiger partial charge in [0.2, 0.25) is 0 Å². The van der Waals surface area contributed by atoms with Gasteiger partial charge in [-0.3, -0.25) is 0 Å². The summed E-state index contributed by atoms with van der Waals surface area (Å²) >= 11 is 0. The van der Waals surface area contributed by atoms with Gasteiger partial charge in [-0.25, -0.2) is 0 Å². The molecule has 0 aromatic heterocycles. The highest BCUT2D eigenvalue weighted by atomic mass is 19.4. The van der Waals surface area contributed by atoms with Crippen LogP contribution in [0.3, 0.4) is 0 Å². The summed E-state index contributed by atoms with van der Waals surface area (Å²) in [6, 6.07) is 6.64. The lowest BCUT2D eigenvalue weighted by atomic mass is 9.93. The molecule has 0 radical (unpaired) electrons. The van der Waals surface area contributed by atoms with E-state index in [1.807, 2.05) is 0 Å². The predicted molar refractivity (Wildman–Crippen MR) is 76.7 cm³/mol. The SMILES string of the molecule is N[C@@H](c1ccc(C(F)(F)F)cc1)[C@@H](N)c1ccc(C(F)(F)F)cc1. The number of nitrogens with two attached hydrogens (primary N) is 2. The van der Waals surface area contributed by atoms with Crippen molar-refractivity contribution in [2.45, 2.75) is 24.4 Å². The maximum atomic E-state index is 12.5. The van der Waals surface area contributed by atoms with Crippen molar-refractivity contribution in [3.63, 3.8) is 0 Å². The molecule has 0 bridgehead atoms. The van der Waals surface area contributed by atoms with Crippen LogP contribution in [0.2, 0.25) is 0 Å². The first-order valence-corrected chi connectivity index (χ1v) is 6.85. The van der Waals surface area contributed by atoms with E-state index in [1.165, 1.54) is 24.3 Å². The summed E-state index contributed by atoms with van der Waals surface area (Å²) < 4.78 is 75.2. The third kappa shape index (κ3) is 4.07. The molecule has 130 valence electrons. The maximum absolute atomic E-state index is 12.5. The number of hydrogen-bond acceptors (Lipinski definition) is 2. The van der Waals surface area contributed by atoms with Crippen LogP contribution in [0.1, 0.15) is 34.3 Å². The lowest BCUT2D eigenvalue weighted by Crippen LogP contribution is -2.26. The van der Waals surface area contributed by atoms with Gasteiger partial charge in [0.25, 0.3) is 0 Å².